The molecule has 2 heterocycles. The van der Waals surface area contributed by atoms with Gasteiger partial charge in [-0.15, -0.1) is 0 Å². The van der Waals surface area contributed by atoms with Gasteiger partial charge in [0.05, 0.1) is 19.6 Å². The predicted octanol–water partition coefficient (Wildman–Crippen LogP) is 2.37. The summed E-state index contributed by atoms with van der Waals surface area (Å²) >= 11 is 0. The molecule has 0 bridgehead atoms. The Bertz CT molecular complexity index is 811. The summed E-state index contributed by atoms with van der Waals surface area (Å²) in [5.41, 5.74) is 0.646. The number of carbonyl (C=O) groups excluding carboxylic acids is 1. The summed E-state index contributed by atoms with van der Waals surface area (Å²) in [5, 5.41) is 0.757. The largest absolute Gasteiger partial charge is 0.497 e. The Hall–Kier alpha value is -2.34. The van der Waals surface area contributed by atoms with Crippen LogP contribution in [0.2, 0.25) is 0 Å². The number of ether oxygens (including phenoxy) is 2. The first-order valence-electron chi connectivity index (χ1n) is 8.61. The minimum atomic E-state index is -0.464. The molecule has 0 radical (unpaired) electrons. The van der Waals surface area contributed by atoms with Crippen molar-refractivity contribution in [3.8, 4) is 5.75 Å². The number of carbonyl (C=O) groups is 1. The number of fused-ring (bicyclic) bond motifs is 1. The van der Waals surface area contributed by atoms with E-state index in [0.717, 1.165) is 24.8 Å². The van der Waals surface area contributed by atoms with Crippen molar-refractivity contribution in [2.75, 3.05) is 26.8 Å². The van der Waals surface area contributed by atoms with Crippen molar-refractivity contribution in [2.24, 2.45) is 0 Å². The summed E-state index contributed by atoms with van der Waals surface area (Å²) in [6.45, 7) is 3.96. The van der Waals surface area contributed by atoms with Gasteiger partial charge >= 0.3 is 5.63 Å². The van der Waals surface area contributed by atoms with Crippen LogP contribution >= 0.6 is 0 Å². The molecule has 0 saturated carbocycles. The maximum absolute atomic E-state index is 12.7. The molecular weight excluding hydrogens is 322 g/mol. The van der Waals surface area contributed by atoms with Gasteiger partial charge < -0.3 is 18.8 Å². The Kier molecular flexibility index (Phi) is 5.38. The molecule has 1 aliphatic rings. The number of benzene rings is 1. The van der Waals surface area contributed by atoms with Crippen LogP contribution in [0.3, 0.4) is 0 Å². The smallest absolute Gasteiger partial charge is 0.336 e. The summed E-state index contributed by atoms with van der Waals surface area (Å²) < 4.78 is 16.1. The van der Waals surface area contributed by atoms with E-state index in [4.69, 9.17) is 13.9 Å². The SMILES string of the molecule is CCOC1CCCN(C(=O)Cc2cc(=O)oc3cc(OC)ccc23)C1. The zero-order chi connectivity index (χ0) is 17.8. The molecule has 6 heteroatoms. The average molecular weight is 345 g/mol. The van der Waals surface area contributed by atoms with Gasteiger partial charge in [-0.05, 0) is 37.5 Å². The first kappa shape index (κ1) is 17.5. The van der Waals surface area contributed by atoms with Crippen LogP contribution in [0, 0.1) is 0 Å². The number of hydrogen-bond donors (Lipinski definition) is 0. The summed E-state index contributed by atoms with van der Waals surface area (Å²) in [6, 6.07) is 6.68. The maximum Gasteiger partial charge on any atom is 0.336 e. The number of nitrogens with zero attached hydrogens (tertiary/aromatic N) is 1. The van der Waals surface area contributed by atoms with E-state index in [1.165, 1.54) is 6.07 Å². The molecule has 1 aromatic carbocycles. The molecule has 0 spiro atoms. The van der Waals surface area contributed by atoms with Crippen molar-refractivity contribution in [3.05, 3.63) is 40.2 Å². The summed E-state index contributed by atoms with van der Waals surface area (Å²) in [7, 11) is 1.55. The lowest BCUT2D eigenvalue weighted by molar-refractivity contribution is -0.134. The lowest BCUT2D eigenvalue weighted by Crippen LogP contribution is -2.43. The van der Waals surface area contributed by atoms with Gasteiger partial charge in [0, 0.05) is 37.2 Å². The standard InChI is InChI=1S/C19H23NO5/c1-3-24-15-5-4-8-20(12-15)18(21)9-13-10-19(22)25-17-11-14(23-2)6-7-16(13)17/h6-7,10-11,15H,3-5,8-9,12H2,1-2H3. The molecule has 2 aromatic rings. The Morgan fingerprint density at radius 2 is 2.20 bits per heavy atom. The molecule has 25 heavy (non-hydrogen) atoms. The molecule has 6 nitrogen and oxygen atoms in total. The van der Waals surface area contributed by atoms with Crippen LogP contribution in [0.4, 0.5) is 0 Å². The Morgan fingerprint density at radius 3 is 2.96 bits per heavy atom. The summed E-state index contributed by atoms with van der Waals surface area (Å²) in [5.74, 6) is 0.613. The first-order chi connectivity index (χ1) is 12.1. The van der Waals surface area contributed by atoms with Gasteiger partial charge in [-0.2, -0.15) is 0 Å². The normalized spacial score (nSPS) is 17.7. The Labute approximate surface area is 146 Å². The van der Waals surface area contributed by atoms with Crippen LogP contribution in [0.5, 0.6) is 5.75 Å². The van der Waals surface area contributed by atoms with Crippen LogP contribution in [0.15, 0.2) is 33.5 Å². The highest BCUT2D eigenvalue weighted by Gasteiger charge is 2.24. The second kappa shape index (κ2) is 7.70. The highest BCUT2D eigenvalue weighted by molar-refractivity contribution is 5.87. The van der Waals surface area contributed by atoms with Crippen LogP contribution < -0.4 is 10.4 Å². The molecule has 1 aromatic heterocycles. The Balaban J connectivity index is 1.82. The van der Waals surface area contributed by atoms with E-state index in [2.05, 4.69) is 0 Å². The third kappa shape index (κ3) is 4.02. The second-order valence-electron chi connectivity index (χ2n) is 6.19. The second-order valence-corrected chi connectivity index (χ2v) is 6.19. The molecular formula is C19H23NO5. The molecule has 3 rings (SSSR count). The van der Waals surface area contributed by atoms with E-state index < -0.39 is 5.63 Å². The minimum Gasteiger partial charge on any atom is -0.497 e. The zero-order valence-electron chi connectivity index (χ0n) is 14.6. The van der Waals surface area contributed by atoms with Crippen LogP contribution in [0.25, 0.3) is 11.0 Å². The van der Waals surface area contributed by atoms with Gasteiger partial charge in [-0.1, -0.05) is 0 Å². The third-order valence-corrected chi connectivity index (χ3v) is 4.51. The van der Waals surface area contributed by atoms with Gasteiger partial charge in [0.15, 0.2) is 0 Å². The van der Waals surface area contributed by atoms with E-state index in [9.17, 15) is 9.59 Å². The van der Waals surface area contributed by atoms with Gasteiger partial charge in [0.1, 0.15) is 11.3 Å². The van der Waals surface area contributed by atoms with Crippen molar-refractivity contribution in [1.29, 1.82) is 0 Å². The number of methoxy groups -OCH3 is 1. The molecule has 1 saturated heterocycles. The van der Waals surface area contributed by atoms with Crippen molar-refractivity contribution in [2.45, 2.75) is 32.3 Å². The van der Waals surface area contributed by atoms with Gasteiger partial charge in [-0.25, -0.2) is 4.79 Å². The number of rotatable bonds is 5. The molecule has 134 valence electrons. The van der Waals surface area contributed by atoms with E-state index in [-0.39, 0.29) is 18.4 Å². The molecule has 1 atom stereocenters. The topological polar surface area (TPSA) is 69.0 Å². The van der Waals surface area contributed by atoms with Crippen molar-refractivity contribution in [3.63, 3.8) is 0 Å². The Morgan fingerprint density at radius 1 is 1.36 bits per heavy atom. The van der Waals surface area contributed by atoms with Gasteiger partial charge in [0.25, 0.3) is 0 Å². The molecule has 1 aliphatic heterocycles. The number of amides is 1. The van der Waals surface area contributed by atoms with Crippen LogP contribution in [0.1, 0.15) is 25.3 Å². The fourth-order valence-corrected chi connectivity index (χ4v) is 3.29. The highest BCUT2D eigenvalue weighted by atomic mass is 16.5. The van der Waals surface area contributed by atoms with Crippen molar-refractivity contribution in [1.82, 2.24) is 4.90 Å². The molecule has 1 fully saturated rings. The fraction of sp³-hybridized carbons (Fsp3) is 0.474. The predicted molar refractivity (Wildman–Crippen MR) is 94.0 cm³/mol. The van der Waals surface area contributed by atoms with Crippen molar-refractivity contribution >= 4 is 16.9 Å². The minimum absolute atomic E-state index is 0.00659. The first-order valence-corrected chi connectivity index (χ1v) is 8.61. The van der Waals surface area contributed by atoms with E-state index >= 15 is 0 Å². The number of piperidine rings is 1. The average Bonchev–Trinajstić information content (AvgIpc) is 2.61. The summed E-state index contributed by atoms with van der Waals surface area (Å²) in [4.78, 5) is 26.4. The molecule has 0 N–H and O–H groups in total. The van der Waals surface area contributed by atoms with Gasteiger partial charge in [-0.3, -0.25) is 4.79 Å². The van der Waals surface area contributed by atoms with Crippen LogP contribution in [-0.2, 0) is 16.0 Å². The molecule has 1 amide bonds. The van der Waals surface area contributed by atoms with Crippen molar-refractivity contribution < 1.29 is 18.7 Å². The summed E-state index contributed by atoms with van der Waals surface area (Å²) in [6.07, 6.45) is 2.19. The highest BCUT2D eigenvalue weighted by Crippen LogP contribution is 2.23. The van der Waals surface area contributed by atoms with Gasteiger partial charge in [0.2, 0.25) is 5.91 Å². The lowest BCUT2D eigenvalue weighted by atomic mass is 10.0. The zero-order valence-corrected chi connectivity index (χ0v) is 14.6. The maximum atomic E-state index is 12.7. The number of likely N-dealkylation sites (tertiary alicyclic amines) is 1. The molecule has 1 unspecified atom stereocenters. The lowest BCUT2D eigenvalue weighted by Gasteiger charge is -2.32. The van der Waals surface area contributed by atoms with Crippen LogP contribution in [-0.4, -0.2) is 43.7 Å². The quantitative estimate of drug-likeness (QED) is 0.778. The van der Waals surface area contributed by atoms with E-state index in [1.807, 2.05) is 17.9 Å². The third-order valence-electron chi connectivity index (χ3n) is 4.51. The van der Waals surface area contributed by atoms with E-state index in [0.29, 0.717) is 30.0 Å². The fourth-order valence-electron chi connectivity index (χ4n) is 3.29. The van der Waals surface area contributed by atoms with E-state index in [1.54, 1.807) is 19.2 Å². The molecule has 0 aliphatic carbocycles. The monoisotopic (exact) mass is 345 g/mol. The number of hydrogen-bond acceptors (Lipinski definition) is 5.